The fraction of sp³-hybridized carbons (Fsp3) is 0.667. The standard InChI is InChI=1S/C9H15N3OS/c1-6-4-3-5-12(6)9-7(13-2)8(10)11-14-9/h6H,3-5H2,1-2H3,(H2,10,11). The highest BCUT2D eigenvalue weighted by Crippen LogP contribution is 2.40. The van der Waals surface area contributed by atoms with E-state index in [0.717, 1.165) is 17.3 Å². The third-order valence-electron chi connectivity index (χ3n) is 2.68. The van der Waals surface area contributed by atoms with Crippen molar-refractivity contribution in [1.82, 2.24) is 4.37 Å². The third kappa shape index (κ3) is 1.41. The number of hydrogen-bond acceptors (Lipinski definition) is 5. The zero-order valence-corrected chi connectivity index (χ0v) is 9.30. The lowest BCUT2D eigenvalue weighted by molar-refractivity contribution is 0.417. The van der Waals surface area contributed by atoms with E-state index in [4.69, 9.17) is 10.5 Å². The van der Waals surface area contributed by atoms with Crippen LogP contribution < -0.4 is 15.4 Å². The number of anilines is 2. The number of ether oxygens (including phenoxy) is 1. The molecule has 4 nitrogen and oxygen atoms in total. The van der Waals surface area contributed by atoms with E-state index in [2.05, 4.69) is 16.2 Å². The molecule has 1 aliphatic rings. The number of nitrogen functional groups attached to an aromatic ring is 1. The molecular formula is C9H15N3OS. The molecule has 5 heteroatoms. The van der Waals surface area contributed by atoms with Crippen molar-refractivity contribution in [1.29, 1.82) is 0 Å². The lowest BCUT2D eigenvalue weighted by atomic mass is 10.2. The molecule has 0 aliphatic carbocycles. The number of aromatic nitrogens is 1. The predicted molar refractivity (Wildman–Crippen MR) is 59.1 cm³/mol. The van der Waals surface area contributed by atoms with Gasteiger partial charge < -0.3 is 15.4 Å². The minimum atomic E-state index is 0.506. The van der Waals surface area contributed by atoms with E-state index in [0.29, 0.717) is 11.9 Å². The maximum atomic E-state index is 5.71. The number of hydrogen-bond donors (Lipinski definition) is 1. The number of methoxy groups -OCH3 is 1. The van der Waals surface area contributed by atoms with Gasteiger partial charge in [0, 0.05) is 12.6 Å². The molecule has 1 aliphatic heterocycles. The summed E-state index contributed by atoms with van der Waals surface area (Å²) in [5.41, 5.74) is 5.71. The van der Waals surface area contributed by atoms with Gasteiger partial charge in [-0.15, -0.1) is 0 Å². The minimum Gasteiger partial charge on any atom is -0.490 e. The Kier molecular flexibility index (Phi) is 2.50. The largest absolute Gasteiger partial charge is 0.490 e. The SMILES string of the molecule is COc1c(N)nsc1N1CCCC1C. The highest BCUT2D eigenvalue weighted by Gasteiger charge is 2.26. The summed E-state index contributed by atoms with van der Waals surface area (Å²) in [4.78, 5) is 2.33. The molecule has 2 heterocycles. The smallest absolute Gasteiger partial charge is 0.197 e. The first-order chi connectivity index (χ1) is 6.74. The summed E-state index contributed by atoms with van der Waals surface area (Å²) in [6.45, 7) is 3.31. The summed E-state index contributed by atoms with van der Waals surface area (Å²) in [5, 5.41) is 1.08. The summed E-state index contributed by atoms with van der Waals surface area (Å²) in [7, 11) is 1.64. The first-order valence-electron chi connectivity index (χ1n) is 4.79. The topological polar surface area (TPSA) is 51.4 Å². The molecule has 2 rings (SSSR count). The molecule has 1 aromatic heterocycles. The van der Waals surface area contributed by atoms with E-state index in [-0.39, 0.29) is 0 Å². The van der Waals surface area contributed by atoms with Gasteiger partial charge in [0.15, 0.2) is 16.6 Å². The fourth-order valence-corrected chi connectivity index (χ4v) is 2.81. The van der Waals surface area contributed by atoms with E-state index in [1.165, 1.54) is 24.4 Å². The molecule has 0 aromatic carbocycles. The molecule has 1 atom stereocenters. The monoisotopic (exact) mass is 213 g/mol. The Balaban J connectivity index is 2.30. The summed E-state index contributed by atoms with van der Waals surface area (Å²) in [5.74, 6) is 1.25. The number of rotatable bonds is 2. The Morgan fingerprint density at radius 3 is 3.00 bits per heavy atom. The summed E-state index contributed by atoms with van der Waals surface area (Å²) < 4.78 is 9.38. The normalized spacial score (nSPS) is 21.6. The molecule has 2 N–H and O–H groups in total. The van der Waals surface area contributed by atoms with E-state index < -0.39 is 0 Å². The summed E-state index contributed by atoms with van der Waals surface area (Å²) in [6, 6.07) is 0.573. The van der Waals surface area contributed by atoms with Crippen molar-refractivity contribution in [2.45, 2.75) is 25.8 Å². The summed E-state index contributed by atoms with van der Waals surface area (Å²) in [6.07, 6.45) is 2.48. The van der Waals surface area contributed by atoms with Crippen LogP contribution in [-0.4, -0.2) is 24.1 Å². The van der Waals surface area contributed by atoms with E-state index in [1.54, 1.807) is 7.11 Å². The van der Waals surface area contributed by atoms with E-state index >= 15 is 0 Å². The predicted octanol–water partition coefficient (Wildman–Crippen LogP) is 1.72. The van der Waals surface area contributed by atoms with Crippen LogP contribution in [0.3, 0.4) is 0 Å². The van der Waals surface area contributed by atoms with Crippen molar-refractivity contribution in [3.8, 4) is 5.75 Å². The molecule has 0 amide bonds. The molecule has 1 saturated heterocycles. The average molecular weight is 213 g/mol. The maximum Gasteiger partial charge on any atom is 0.197 e. The second-order valence-electron chi connectivity index (χ2n) is 3.59. The fourth-order valence-electron chi connectivity index (χ4n) is 1.89. The number of nitrogens with zero attached hydrogens (tertiary/aromatic N) is 2. The molecular weight excluding hydrogens is 198 g/mol. The molecule has 78 valence electrons. The average Bonchev–Trinajstić information content (AvgIpc) is 2.71. The van der Waals surface area contributed by atoms with Gasteiger partial charge in [-0.25, -0.2) is 0 Å². The van der Waals surface area contributed by atoms with Gasteiger partial charge in [0.2, 0.25) is 0 Å². The van der Waals surface area contributed by atoms with E-state index in [9.17, 15) is 0 Å². The van der Waals surface area contributed by atoms with Gasteiger partial charge >= 0.3 is 0 Å². The molecule has 1 unspecified atom stereocenters. The first kappa shape index (κ1) is 9.58. The zero-order chi connectivity index (χ0) is 10.1. The molecule has 0 bridgehead atoms. The van der Waals surface area contributed by atoms with Gasteiger partial charge in [-0.1, -0.05) is 0 Å². The van der Waals surface area contributed by atoms with Crippen LogP contribution in [0.15, 0.2) is 0 Å². The molecule has 1 aromatic rings. The van der Waals surface area contributed by atoms with Crippen molar-refractivity contribution < 1.29 is 4.74 Å². The Morgan fingerprint density at radius 2 is 2.43 bits per heavy atom. The molecule has 0 radical (unpaired) electrons. The maximum absolute atomic E-state index is 5.71. The van der Waals surface area contributed by atoms with Gasteiger partial charge in [-0.05, 0) is 31.3 Å². The second kappa shape index (κ2) is 3.65. The van der Waals surface area contributed by atoms with Crippen LogP contribution in [-0.2, 0) is 0 Å². The lowest BCUT2D eigenvalue weighted by Crippen LogP contribution is -2.25. The zero-order valence-electron chi connectivity index (χ0n) is 8.49. The van der Waals surface area contributed by atoms with Crippen molar-refractivity contribution in [3.63, 3.8) is 0 Å². The molecule has 1 fully saturated rings. The summed E-state index contributed by atoms with van der Waals surface area (Å²) >= 11 is 1.43. The quantitative estimate of drug-likeness (QED) is 0.812. The van der Waals surface area contributed by atoms with Crippen LogP contribution in [0.25, 0.3) is 0 Å². The van der Waals surface area contributed by atoms with Crippen LogP contribution >= 0.6 is 11.5 Å². The second-order valence-corrected chi connectivity index (χ2v) is 4.34. The van der Waals surface area contributed by atoms with Crippen molar-refractivity contribution >= 4 is 22.4 Å². The highest BCUT2D eigenvalue weighted by atomic mass is 32.1. The number of nitrogens with two attached hydrogens (primary N) is 1. The van der Waals surface area contributed by atoms with Crippen LogP contribution in [0.4, 0.5) is 10.8 Å². The highest BCUT2D eigenvalue weighted by molar-refractivity contribution is 7.11. The minimum absolute atomic E-state index is 0.506. The molecule has 0 spiro atoms. The van der Waals surface area contributed by atoms with Gasteiger partial charge in [-0.2, -0.15) is 4.37 Å². The Hall–Kier alpha value is -0.970. The van der Waals surface area contributed by atoms with Crippen LogP contribution in [0, 0.1) is 0 Å². The lowest BCUT2D eigenvalue weighted by Gasteiger charge is -2.21. The molecule has 14 heavy (non-hydrogen) atoms. The Labute approximate surface area is 87.8 Å². The van der Waals surface area contributed by atoms with Crippen molar-refractivity contribution in [2.24, 2.45) is 0 Å². The van der Waals surface area contributed by atoms with E-state index in [1.807, 2.05) is 0 Å². The van der Waals surface area contributed by atoms with Gasteiger partial charge in [0.05, 0.1) is 7.11 Å². The molecule has 0 saturated carbocycles. The van der Waals surface area contributed by atoms with Crippen LogP contribution in [0.5, 0.6) is 5.75 Å². The van der Waals surface area contributed by atoms with Gasteiger partial charge in [0.1, 0.15) is 0 Å². The van der Waals surface area contributed by atoms with Crippen LogP contribution in [0.1, 0.15) is 19.8 Å². The van der Waals surface area contributed by atoms with Crippen molar-refractivity contribution in [2.75, 3.05) is 24.3 Å². The third-order valence-corrected chi connectivity index (χ3v) is 3.56. The van der Waals surface area contributed by atoms with Gasteiger partial charge in [-0.3, -0.25) is 0 Å². The Morgan fingerprint density at radius 1 is 1.64 bits per heavy atom. The van der Waals surface area contributed by atoms with Crippen molar-refractivity contribution in [3.05, 3.63) is 0 Å². The first-order valence-corrected chi connectivity index (χ1v) is 5.57. The van der Waals surface area contributed by atoms with Gasteiger partial charge in [0.25, 0.3) is 0 Å². The van der Waals surface area contributed by atoms with Crippen LogP contribution in [0.2, 0.25) is 0 Å². The Bertz CT molecular complexity index is 326.